The number of halogens is 1. The highest BCUT2D eigenvalue weighted by Gasteiger charge is 2.11. The highest BCUT2D eigenvalue weighted by molar-refractivity contribution is 6.31. The molecule has 0 bridgehead atoms. The third kappa shape index (κ3) is 3.83. The molecule has 0 atom stereocenters. The van der Waals surface area contributed by atoms with Crippen molar-refractivity contribution in [2.45, 2.75) is 13.0 Å². The molecule has 0 heterocycles. The fourth-order valence-electron chi connectivity index (χ4n) is 1.96. The Hall–Kier alpha value is -1.84. The van der Waals surface area contributed by atoms with Crippen LogP contribution in [0.5, 0.6) is 0 Å². The highest BCUT2D eigenvalue weighted by atomic mass is 35.5. The van der Waals surface area contributed by atoms with Gasteiger partial charge in [0.25, 0.3) is 5.91 Å². The summed E-state index contributed by atoms with van der Waals surface area (Å²) >= 11 is 5.89. The van der Waals surface area contributed by atoms with Crippen molar-refractivity contribution < 1.29 is 9.90 Å². The summed E-state index contributed by atoms with van der Waals surface area (Å²) in [6, 6.07) is 14.8. The number of nitrogens with one attached hydrogen (secondary N) is 1. The van der Waals surface area contributed by atoms with Crippen LogP contribution in [0.25, 0.3) is 0 Å². The number of benzene rings is 2. The second kappa shape index (κ2) is 7.08. The van der Waals surface area contributed by atoms with Crippen LogP contribution in [0.15, 0.2) is 48.5 Å². The van der Waals surface area contributed by atoms with Gasteiger partial charge in [0.2, 0.25) is 0 Å². The zero-order chi connectivity index (χ0) is 14.4. The summed E-state index contributed by atoms with van der Waals surface area (Å²) in [6.45, 7) is 0.360. The van der Waals surface area contributed by atoms with Gasteiger partial charge in [-0.1, -0.05) is 48.0 Å². The molecule has 1 amide bonds. The van der Waals surface area contributed by atoms with Crippen molar-refractivity contribution in [1.82, 2.24) is 5.32 Å². The summed E-state index contributed by atoms with van der Waals surface area (Å²) in [7, 11) is 0. The maximum Gasteiger partial charge on any atom is 0.251 e. The van der Waals surface area contributed by atoms with Gasteiger partial charge in [0.1, 0.15) is 0 Å². The molecule has 20 heavy (non-hydrogen) atoms. The van der Waals surface area contributed by atoms with Crippen LogP contribution >= 0.6 is 11.6 Å². The molecule has 104 valence electrons. The van der Waals surface area contributed by atoms with Gasteiger partial charge in [-0.2, -0.15) is 0 Å². The summed E-state index contributed by atoms with van der Waals surface area (Å²) in [6.07, 6.45) is 0.765. The Bertz CT molecular complexity index is 584. The molecule has 3 nitrogen and oxygen atoms in total. The second-order valence-corrected chi connectivity index (χ2v) is 4.89. The first kappa shape index (κ1) is 14.6. The summed E-state index contributed by atoms with van der Waals surface area (Å²) in [5.41, 5.74) is 2.17. The Morgan fingerprint density at radius 3 is 2.60 bits per heavy atom. The van der Waals surface area contributed by atoms with Crippen LogP contribution in [0.1, 0.15) is 21.5 Å². The van der Waals surface area contributed by atoms with Crippen LogP contribution in [0.4, 0.5) is 0 Å². The van der Waals surface area contributed by atoms with E-state index in [1.165, 1.54) is 5.56 Å². The predicted molar refractivity (Wildman–Crippen MR) is 79.9 cm³/mol. The lowest BCUT2D eigenvalue weighted by atomic mass is 10.1. The van der Waals surface area contributed by atoms with E-state index in [1.807, 2.05) is 30.3 Å². The Balaban J connectivity index is 1.97. The van der Waals surface area contributed by atoms with E-state index in [4.69, 9.17) is 11.6 Å². The van der Waals surface area contributed by atoms with E-state index in [9.17, 15) is 9.90 Å². The standard InChI is InChI=1S/C16H16ClNO2/c17-14-7-6-13(11-19)15(10-14)16(20)18-9-8-12-4-2-1-3-5-12/h1-7,10,19H,8-9,11H2,(H,18,20). The van der Waals surface area contributed by atoms with Crippen molar-refractivity contribution >= 4 is 17.5 Å². The number of rotatable bonds is 5. The number of carbonyl (C=O) groups excluding carboxylic acids is 1. The van der Waals surface area contributed by atoms with Gasteiger partial charge in [-0.3, -0.25) is 4.79 Å². The van der Waals surface area contributed by atoms with E-state index in [-0.39, 0.29) is 12.5 Å². The summed E-state index contributed by atoms with van der Waals surface area (Å²) in [5, 5.41) is 12.6. The van der Waals surface area contributed by atoms with Crippen LogP contribution in [0, 0.1) is 0 Å². The van der Waals surface area contributed by atoms with E-state index in [2.05, 4.69) is 5.32 Å². The number of hydrogen-bond acceptors (Lipinski definition) is 2. The quantitative estimate of drug-likeness (QED) is 0.889. The topological polar surface area (TPSA) is 49.3 Å². The van der Waals surface area contributed by atoms with Gasteiger partial charge in [0.15, 0.2) is 0 Å². The van der Waals surface area contributed by atoms with Crippen molar-refractivity contribution in [2.75, 3.05) is 6.54 Å². The molecule has 2 aromatic rings. The van der Waals surface area contributed by atoms with Gasteiger partial charge < -0.3 is 10.4 Å². The van der Waals surface area contributed by atoms with Crippen LogP contribution in [-0.2, 0) is 13.0 Å². The first-order valence-corrected chi connectivity index (χ1v) is 6.80. The van der Waals surface area contributed by atoms with Crippen molar-refractivity contribution in [2.24, 2.45) is 0 Å². The maximum atomic E-state index is 12.1. The first-order chi connectivity index (χ1) is 9.70. The van der Waals surface area contributed by atoms with Crippen molar-refractivity contribution in [3.63, 3.8) is 0 Å². The molecule has 0 fully saturated rings. The van der Waals surface area contributed by atoms with Crippen LogP contribution in [-0.4, -0.2) is 17.6 Å². The predicted octanol–water partition coefficient (Wildman–Crippen LogP) is 2.80. The molecule has 2 aromatic carbocycles. The minimum Gasteiger partial charge on any atom is -0.392 e. The Kier molecular flexibility index (Phi) is 5.16. The summed E-state index contributed by atoms with van der Waals surface area (Å²) < 4.78 is 0. The number of aliphatic hydroxyl groups is 1. The molecule has 0 aliphatic rings. The van der Waals surface area contributed by atoms with Gasteiger partial charge >= 0.3 is 0 Å². The number of carbonyl (C=O) groups is 1. The van der Waals surface area contributed by atoms with E-state index in [0.717, 1.165) is 6.42 Å². The molecular formula is C16H16ClNO2. The van der Waals surface area contributed by atoms with Crippen molar-refractivity contribution in [3.8, 4) is 0 Å². The van der Waals surface area contributed by atoms with E-state index in [1.54, 1.807) is 18.2 Å². The monoisotopic (exact) mass is 289 g/mol. The molecule has 0 radical (unpaired) electrons. The fraction of sp³-hybridized carbons (Fsp3) is 0.188. The van der Waals surface area contributed by atoms with Gasteiger partial charge in [0.05, 0.1) is 6.61 Å². The van der Waals surface area contributed by atoms with Gasteiger partial charge in [-0.05, 0) is 29.7 Å². The normalized spacial score (nSPS) is 10.3. The van der Waals surface area contributed by atoms with Gasteiger partial charge in [-0.15, -0.1) is 0 Å². The second-order valence-electron chi connectivity index (χ2n) is 4.45. The molecule has 0 aliphatic carbocycles. The molecule has 4 heteroatoms. The third-order valence-electron chi connectivity index (χ3n) is 3.03. The molecule has 0 aromatic heterocycles. The zero-order valence-electron chi connectivity index (χ0n) is 11.0. The van der Waals surface area contributed by atoms with Gasteiger partial charge in [0, 0.05) is 17.1 Å². The van der Waals surface area contributed by atoms with E-state index in [0.29, 0.717) is 22.7 Å². The Morgan fingerprint density at radius 2 is 1.90 bits per heavy atom. The van der Waals surface area contributed by atoms with E-state index < -0.39 is 0 Å². The maximum absolute atomic E-state index is 12.1. The lowest BCUT2D eigenvalue weighted by Crippen LogP contribution is -2.26. The number of amides is 1. The molecule has 0 unspecified atom stereocenters. The van der Waals surface area contributed by atoms with Crippen molar-refractivity contribution in [3.05, 3.63) is 70.2 Å². The third-order valence-corrected chi connectivity index (χ3v) is 3.26. The Morgan fingerprint density at radius 1 is 1.15 bits per heavy atom. The molecular weight excluding hydrogens is 274 g/mol. The lowest BCUT2D eigenvalue weighted by molar-refractivity contribution is 0.0951. The highest BCUT2D eigenvalue weighted by Crippen LogP contribution is 2.16. The molecule has 0 saturated carbocycles. The summed E-state index contributed by atoms with van der Waals surface area (Å²) in [5.74, 6) is -0.215. The average Bonchev–Trinajstić information content (AvgIpc) is 2.48. The first-order valence-electron chi connectivity index (χ1n) is 6.42. The van der Waals surface area contributed by atoms with Crippen LogP contribution < -0.4 is 5.32 Å². The largest absolute Gasteiger partial charge is 0.392 e. The van der Waals surface area contributed by atoms with E-state index >= 15 is 0 Å². The average molecular weight is 290 g/mol. The molecule has 0 aliphatic heterocycles. The van der Waals surface area contributed by atoms with Gasteiger partial charge in [-0.25, -0.2) is 0 Å². The molecule has 0 spiro atoms. The van der Waals surface area contributed by atoms with Crippen LogP contribution in [0.2, 0.25) is 5.02 Å². The number of aliphatic hydroxyl groups excluding tert-OH is 1. The smallest absolute Gasteiger partial charge is 0.251 e. The van der Waals surface area contributed by atoms with Crippen molar-refractivity contribution in [1.29, 1.82) is 0 Å². The molecule has 0 saturated heterocycles. The molecule has 2 N–H and O–H groups in total. The number of hydrogen-bond donors (Lipinski definition) is 2. The molecule has 2 rings (SSSR count). The minimum atomic E-state index is -0.215. The van der Waals surface area contributed by atoms with Crippen LogP contribution in [0.3, 0.4) is 0 Å². The Labute approximate surface area is 123 Å². The fourth-order valence-corrected chi connectivity index (χ4v) is 2.13. The summed E-state index contributed by atoms with van der Waals surface area (Å²) in [4.78, 5) is 12.1. The lowest BCUT2D eigenvalue weighted by Gasteiger charge is -2.09. The minimum absolute atomic E-state index is 0.182. The zero-order valence-corrected chi connectivity index (χ0v) is 11.7. The SMILES string of the molecule is O=C(NCCc1ccccc1)c1cc(Cl)ccc1CO.